The highest BCUT2D eigenvalue weighted by Crippen LogP contribution is 2.19. The normalized spacial score (nSPS) is 10.5. The summed E-state index contributed by atoms with van der Waals surface area (Å²) in [5.74, 6) is 1.92. The number of carbonyl (C=O) groups excluding carboxylic acids is 1. The molecule has 1 N–H and O–H groups in total. The molecule has 0 aliphatic carbocycles. The van der Waals surface area contributed by atoms with Gasteiger partial charge in [0.1, 0.15) is 0 Å². The largest absolute Gasteiger partial charge is 0.351 e. The first-order chi connectivity index (χ1) is 10.7. The smallest absolute Gasteiger partial charge is 0.252 e. The number of carbonyl (C=O) groups is 1. The zero-order valence-corrected chi connectivity index (χ0v) is 14.6. The molecule has 0 radical (unpaired) electrons. The minimum atomic E-state index is 0.0147. The SMILES string of the molecule is CSc1ccccc1C(=O)NCCSCc1ccc(C)cc1. The molecular formula is C18H21NOS2. The maximum absolute atomic E-state index is 12.2. The Hall–Kier alpha value is -1.39. The van der Waals surface area contributed by atoms with E-state index in [0.717, 1.165) is 22.0 Å². The molecule has 0 aliphatic heterocycles. The van der Waals surface area contributed by atoms with Crippen molar-refractivity contribution in [1.82, 2.24) is 5.32 Å². The second kappa shape index (κ2) is 8.91. The van der Waals surface area contributed by atoms with Gasteiger partial charge in [0, 0.05) is 22.9 Å². The lowest BCUT2D eigenvalue weighted by atomic mass is 10.2. The predicted molar refractivity (Wildman–Crippen MR) is 97.9 cm³/mol. The Bertz CT molecular complexity index is 611. The fourth-order valence-corrected chi connectivity index (χ4v) is 3.45. The summed E-state index contributed by atoms with van der Waals surface area (Å²) in [6, 6.07) is 16.3. The molecule has 0 spiro atoms. The molecule has 2 rings (SSSR count). The summed E-state index contributed by atoms with van der Waals surface area (Å²) in [5, 5.41) is 3.00. The Balaban J connectivity index is 1.72. The van der Waals surface area contributed by atoms with Gasteiger partial charge in [-0.2, -0.15) is 11.8 Å². The van der Waals surface area contributed by atoms with Gasteiger partial charge in [-0.3, -0.25) is 4.79 Å². The van der Waals surface area contributed by atoms with Crippen LogP contribution in [0.5, 0.6) is 0 Å². The highest BCUT2D eigenvalue weighted by Gasteiger charge is 2.09. The molecule has 2 aromatic rings. The molecule has 1 amide bonds. The first-order valence-electron chi connectivity index (χ1n) is 7.25. The molecule has 0 heterocycles. The topological polar surface area (TPSA) is 29.1 Å². The Labute approximate surface area is 141 Å². The Morgan fingerprint density at radius 2 is 1.82 bits per heavy atom. The Morgan fingerprint density at radius 1 is 1.09 bits per heavy atom. The zero-order valence-electron chi connectivity index (χ0n) is 13.0. The quantitative estimate of drug-likeness (QED) is 0.603. The van der Waals surface area contributed by atoms with Gasteiger partial charge in [0.25, 0.3) is 5.91 Å². The zero-order chi connectivity index (χ0) is 15.8. The summed E-state index contributed by atoms with van der Waals surface area (Å²) in [7, 11) is 0. The molecule has 0 bridgehead atoms. The molecule has 0 aromatic heterocycles. The van der Waals surface area contributed by atoms with Crippen molar-refractivity contribution in [2.75, 3.05) is 18.6 Å². The first kappa shape index (κ1) is 17.0. The van der Waals surface area contributed by atoms with Crippen molar-refractivity contribution >= 4 is 29.4 Å². The summed E-state index contributed by atoms with van der Waals surface area (Å²) in [5.41, 5.74) is 3.38. The number of rotatable bonds is 7. The molecular weight excluding hydrogens is 310 g/mol. The monoisotopic (exact) mass is 331 g/mol. The molecule has 0 fully saturated rings. The van der Waals surface area contributed by atoms with Gasteiger partial charge in [-0.05, 0) is 30.9 Å². The number of thioether (sulfide) groups is 2. The second-order valence-corrected chi connectivity index (χ2v) is 6.95. The van der Waals surface area contributed by atoms with Crippen LogP contribution in [0.2, 0.25) is 0 Å². The van der Waals surface area contributed by atoms with Crippen LogP contribution < -0.4 is 5.32 Å². The molecule has 0 unspecified atom stereocenters. The van der Waals surface area contributed by atoms with E-state index >= 15 is 0 Å². The summed E-state index contributed by atoms with van der Waals surface area (Å²) in [6.45, 7) is 2.79. The van der Waals surface area contributed by atoms with Crippen molar-refractivity contribution < 1.29 is 4.79 Å². The number of benzene rings is 2. The van der Waals surface area contributed by atoms with Crippen molar-refractivity contribution in [3.63, 3.8) is 0 Å². The molecule has 2 nitrogen and oxygen atoms in total. The van der Waals surface area contributed by atoms with Crippen molar-refractivity contribution in [2.45, 2.75) is 17.6 Å². The fourth-order valence-electron chi connectivity index (χ4n) is 2.04. The van der Waals surface area contributed by atoms with Crippen LogP contribution in [0, 0.1) is 6.92 Å². The van der Waals surface area contributed by atoms with Gasteiger partial charge >= 0.3 is 0 Å². The van der Waals surface area contributed by atoms with Crippen LogP contribution in [0.15, 0.2) is 53.4 Å². The lowest BCUT2D eigenvalue weighted by molar-refractivity contribution is 0.0953. The van der Waals surface area contributed by atoms with Crippen LogP contribution in [0.25, 0.3) is 0 Å². The molecule has 0 saturated heterocycles. The maximum atomic E-state index is 12.2. The Morgan fingerprint density at radius 3 is 2.55 bits per heavy atom. The van der Waals surface area contributed by atoms with Crippen molar-refractivity contribution in [3.05, 3.63) is 65.2 Å². The van der Waals surface area contributed by atoms with Crippen molar-refractivity contribution in [3.8, 4) is 0 Å². The molecule has 4 heteroatoms. The first-order valence-corrected chi connectivity index (χ1v) is 9.63. The van der Waals surface area contributed by atoms with Gasteiger partial charge in [-0.15, -0.1) is 11.8 Å². The lowest BCUT2D eigenvalue weighted by Crippen LogP contribution is -2.26. The van der Waals surface area contributed by atoms with Gasteiger partial charge < -0.3 is 5.32 Å². The fraction of sp³-hybridized carbons (Fsp3) is 0.278. The van der Waals surface area contributed by atoms with E-state index in [9.17, 15) is 4.79 Å². The molecule has 22 heavy (non-hydrogen) atoms. The van der Waals surface area contributed by atoms with Gasteiger partial charge in [0.05, 0.1) is 5.56 Å². The molecule has 0 saturated carbocycles. The average Bonchev–Trinajstić information content (AvgIpc) is 2.56. The number of hydrogen-bond donors (Lipinski definition) is 1. The van der Waals surface area contributed by atoms with Crippen molar-refractivity contribution in [2.24, 2.45) is 0 Å². The summed E-state index contributed by atoms with van der Waals surface area (Å²) in [4.78, 5) is 13.2. The van der Waals surface area contributed by atoms with Crippen LogP contribution in [-0.2, 0) is 5.75 Å². The third-order valence-corrected chi connectivity index (χ3v) is 5.10. The van der Waals surface area contributed by atoms with Crippen LogP contribution in [0.1, 0.15) is 21.5 Å². The summed E-state index contributed by atoms with van der Waals surface area (Å²) < 4.78 is 0. The third kappa shape index (κ3) is 5.11. The van der Waals surface area contributed by atoms with E-state index in [-0.39, 0.29) is 5.91 Å². The van der Waals surface area contributed by atoms with E-state index in [1.807, 2.05) is 42.3 Å². The minimum Gasteiger partial charge on any atom is -0.351 e. The molecule has 0 aliphatic rings. The average molecular weight is 332 g/mol. The maximum Gasteiger partial charge on any atom is 0.252 e. The standard InChI is InChI=1S/C18H21NOS2/c1-14-7-9-15(10-8-14)13-22-12-11-19-18(20)16-5-3-4-6-17(16)21-2/h3-10H,11-13H2,1-2H3,(H,19,20). The number of amides is 1. The lowest BCUT2D eigenvalue weighted by Gasteiger charge is -2.08. The van der Waals surface area contributed by atoms with E-state index in [2.05, 4.69) is 36.5 Å². The second-order valence-electron chi connectivity index (χ2n) is 4.99. The van der Waals surface area contributed by atoms with E-state index in [1.54, 1.807) is 11.8 Å². The van der Waals surface area contributed by atoms with Gasteiger partial charge in [-0.1, -0.05) is 42.0 Å². The minimum absolute atomic E-state index is 0.0147. The van der Waals surface area contributed by atoms with Crippen molar-refractivity contribution in [1.29, 1.82) is 0 Å². The van der Waals surface area contributed by atoms with Crippen LogP contribution >= 0.6 is 23.5 Å². The van der Waals surface area contributed by atoms with Crippen LogP contribution in [0.4, 0.5) is 0 Å². The van der Waals surface area contributed by atoms with E-state index in [4.69, 9.17) is 0 Å². The highest BCUT2D eigenvalue weighted by atomic mass is 32.2. The van der Waals surface area contributed by atoms with Crippen LogP contribution in [0.3, 0.4) is 0 Å². The van der Waals surface area contributed by atoms with Crippen LogP contribution in [-0.4, -0.2) is 24.5 Å². The third-order valence-electron chi connectivity index (χ3n) is 3.27. The van der Waals surface area contributed by atoms with Gasteiger partial charge in [-0.25, -0.2) is 0 Å². The number of hydrogen-bond acceptors (Lipinski definition) is 3. The number of nitrogens with one attached hydrogen (secondary N) is 1. The van der Waals surface area contributed by atoms with E-state index in [0.29, 0.717) is 6.54 Å². The van der Waals surface area contributed by atoms with E-state index in [1.165, 1.54) is 11.1 Å². The molecule has 2 aromatic carbocycles. The molecule has 116 valence electrons. The highest BCUT2D eigenvalue weighted by molar-refractivity contribution is 7.98. The summed E-state index contributed by atoms with van der Waals surface area (Å²) in [6.07, 6.45) is 1.99. The predicted octanol–water partition coefficient (Wildman–Crippen LogP) is 4.38. The number of aryl methyl sites for hydroxylation is 1. The molecule has 0 atom stereocenters. The van der Waals surface area contributed by atoms with E-state index < -0.39 is 0 Å². The Kier molecular flexibility index (Phi) is 6.87. The van der Waals surface area contributed by atoms with Gasteiger partial charge in [0.2, 0.25) is 0 Å². The van der Waals surface area contributed by atoms with Gasteiger partial charge in [0.15, 0.2) is 0 Å². The summed E-state index contributed by atoms with van der Waals surface area (Å²) >= 11 is 3.44.